The number of unbranched alkanes of at least 4 members (excludes halogenated alkanes) is 1. The van der Waals surface area contributed by atoms with Crippen molar-refractivity contribution in [3.63, 3.8) is 0 Å². The van der Waals surface area contributed by atoms with Crippen LogP contribution in [-0.2, 0) is 0 Å². The zero-order valence-corrected chi connectivity index (χ0v) is 11.2. The fraction of sp³-hybridized carbons (Fsp3) is 0.917. The Morgan fingerprint density at radius 1 is 1.38 bits per heavy atom. The molecule has 92 valence electrons. The van der Waals surface area contributed by atoms with Gasteiger partial charge in [-0.15, -0.1) is 0 Å². The van der Waals surface area contributed by atoms with Gasteiger partial charge in [0.25, 0.3) is 0 Å². The van der Waals surface area contributed by atoms with Gasteiger partial charge >= 0.3 is 0 Å². The summed E-state index contributed by atoms with van der Waals surface area (Å²) >= 11 is 1.97. The lowest BCUT2D eigenvalue weighted by Gasteiger charge is -2.10. The molecular weight excluding hydrogens is 218 g/mol. The van der Waals surface area contributed by atoms with E-state index in [4.69, 9.17) is 0 Å². The van der Waals surface area contributed by atoms with E-state index in [0.717, 1.165) is 24.3 Å². The second-order valence-electron chi connectivity index (χ2n) is 5.08. The van der Waals surface area contributed by atoms with E-state index in [9.17, 15) is 0 Å². The van der Waals surface area contributed by atoms with Crippen LogP contribution in [0, 0.1) is 5.92 Å². The Balaban J connectivity index is 1.50. The predicted molar refractivity (Wildman–Crippen MR) is 72.2 cm³/mol. The summed E-state index contributed by atoms with van der Waals surface area (Å²) in [5.41, 5.74) is 0. The largest absolute Gasteiger partial charge is 0.365 e. The molecule has 3 nitrogen and oxygen atoms in total. The summed E-state index contributed by atoms with van der Waals surface area (Å²) in [6.07, 6.45) is 5.38. The van der Waals surface area contributed by atoms with Gasteiger partial charge in [-0.05, 0) is 52.2 Å². The van der Waals surface area contributed by atoms with E-state index in [1.54, 1.807) is 0 Å². The molecule has 0 radical (unpaired) electrons. The molecule has 1 saturated carbocycles. The third kappa shape index (κ3) is 3.98. The average Bonchev–Trinajstić information content (AvgIpc) is 2.99. The van der Waals surface area contributed by atoms with Crippen LogP contribution in [0.25, 0.3) is 0 Å². The quantitative estimate of drug-likeness (QED) is 0.719. The monoisotopic (exact) mass is 241 g/mol. The molecule has 1 heterocycles. The maximum Gasteiger partial charge on any atom is 0.156 e. The minimum atomic E-state index is 0.796. The highest BCUT2D eigenvalue weighted by atomic mass is 32.2. The summed E-state index contributed by atoms with van der Waals surface area (Å²) in [5, 5.41) is 5.45. The van der Waals surface area contributed by atoms with E-state index in [0.29, 0.717) is 0 Å². The number of hydrogen-bond donors (Lipinski definition) is 1. The van der Waals surface area contributed by atoms with E-state index in [1.807, 2.05) is 11.8 Å². The van der Waals surface area contributed by atoms with Crippen molar-refractivity contribution in [1.29, 1.82) is 0 Å². The van der Waals surface area contributed by atoms with Crippen LogP contribution in [0.1, 0.15) is 25.7 Å². The highest BCUT2D eigenvalue weighted by molar-refractivity contribution is 8.14. The minimum Gasteiger partial charge on any atom is -0.365 e. The molecule has 0 saturated heterocycles. The first kappa shape index (κ1) is 12.2. The lowest BCUT2D eigenvalue weighted by Crippen LogP contribution is -2.22. The van der Waals surface area contributed by atoms with Crippen molar-refractivity contribution in [2.75, 3.05) is 33.7 Å². The van der Waals surface area contributed by atoms with Crippen molar-refractivity contribution in [3.05, 3.63) is 0 Å². The molecule has 1 fully saturated rings. The Hall–Kier alpha value is -0.220. The second kappa shape index (κ2) is 5.92. The van der Waals surface area contributed by atoms with Gasteiger partial charge in [0.2, 0.25) is 0 Å². The summed E-state index contributed by atoms with van der Waals surface area (Å²) < 4.78 is 0. The highest BCUT2D eigenvalue weighted by Gasteiger charge is 2.35. The lowest BCUT2D eigenvalue weighted by molar-refractivity contribution is 0.394. The van der Waals surface area contributed by atoms with Crippen LogP contribution in [0.4, 0.5) is 0 Å². The average molecular weight is 241 g/mol. The van der Waals surface area contributed by atoms with Gasteiger partial charge in [-0.3, -0.25) is 4.99 Å². The fourth-order valence-electron chi connectivity index (χ4n) is 1.95. The number of rotatable bonds is 6. The van der Waals surface area contributed by atoms with Crippen molar-refractivity contribution in [2.24, 2.45) is 10.9 Å². The Labute approximate surface area is 103 Å². The first-order valence-electron chi connectivity index (χ1n) is 6.35. The SMILES string of the molecule is CN(C)CCCCNC1=NCC(C2CC2)S1. The number of amidine groups is 1. The van der Waals surface area contributed by atoms with Crippen LogP contribution in [0.15, 0.2) is 4.99 Å². The number of nitrogens with one attached hydrogen (secondary N) is 1. The molecule has 0 aromatic carbocycles. The van der Waals surface area contributed by atoms with Gasteiger partial charge in [0, 0.05) is 11.8 Å². The highest BCUT2D eigenvalue weighted by Crippen LogP contribution is 2.41. The predicted octanol–water partition coefficient (Wildman–Crippen LogP) is 1.80. The Kier molecular flexibility index (Phi) is 4.53. The molecule has 16 heavy (non-hydrogen) atoms. The van der Waals surface area contributed by atoms with E-state index in [1.165, 1.54) is 37.4 Å². The van der Waals surface area contributed by atoms with E-state index >= 15 is 0 Å². The Morgan fingerprint density at radius 3 is 2.88 bits per heavy atom. The van der Waals surface area contributed by atoms with Crippen LogP contribution in [0.5, 0.6) is 0 Å². The molecule has 4 heteroatoms. The van der Waals surface area contributed by atoms with Crippen LogP contribution in [0.3, 0.4) is 0 Å². The Morgan fingerprint density at radius 2 is 2.19 bits per heavy atom. The van der Waals surface area contributed by atoms with Gasteiger partial charge in [0.1, 0.15) is 0 Å². The van der Waals surface area contributed by atoms with E-state index < -0.39 is 0 Å². The molecule has 2 aliphatic rings. The molecule has 1 aliphatic carbocycles. The van der Waals surface area contributed by atoms with Crippen LogP contribution in [0.2, 0.25) is 0 Å². The van der Waals surface area contributed by atoms with Crippen LogP contribution in [-0.4, -0.2) is 49.0 Å². The number of nitrogens with zero attached hydrogens (tertiary/aromatic N) is 2. The van der Waals surface area contributed by atoms with Crippen molar-refractivity contribution >= 4 is 16.9 Å². The maximum atomic E-state index is 4.57. The van der Waals surface area contributed by atoms with Crippen molar-refractivity contribution in [2.45, 2.75) is 30.9 Å². The standard InChI is InChI=1S/C12H23N3S/c1-15(2)8-4-3-7-13-12-14-9-11(16-12)10-5-6-10/h10-11H,3-9H2,1-2H3,(H,13,14). The first-order chi connectivity index (χ1) is 7.75. The summed E-state index contributed by atoms with van der Waals surface area (Å²) in [6, 6.07) is 0. The third-order valence-electron chi connectivity index (χ3n) is 3.13. The van der Waals surface area contributed by atoms with Crippen LogP contribution < -0.4 is 5.32 Å². The molecule has 0 aromatic heterocycles. The number of aliphatic imine (C=N–C) groups is 1. The molecule has 0 amide bonds. The van der Waals surface area contributed by atoms with Gasteiger partial charge < -0.3 is 10.2 Å². The zero-order chi connectivity index (χ0) is 11.4. The first-order valence-corrected chi connectivity index (χ1v) is 7.23. The molecule has 1 aliphatic heterocycles. The van der Waals surface area contributed by atoms with Gasteiger partial charge in [-0.25, -0.2) is 0 Å². The van der Waals surface area contributed by atoms with Gasteiger partial charge in [-0.2, -0.15) is 0 Å². The molecule has 0 bridgehead atoms. The topological polar surface area (TPSA) is 27.6 Å². The molecule has 1 unspecified atom stereocenters. The molecule has 0 spiro atoms. The van der Waals surface area contributed by atoms with Gasteiger partial charge in [0.15, 0.2) is 5.17 Å². The molecule has 0 aromatic rings. The van der Waals surface area contributed by atoms with Gasteiger partial charge in [0.05, 0.1) is 6.54 Å². The summed E-state index contributed by atoms with van der Waals surface area (Å²) in [5.74, 6) is 0.974. The van der Waals surface area contributed by atoms with Crippen molar-refractivity contribution < 1.29 is 0 Å². The van der Waals surface area contributed by atoms with Crippen molar-refractivity contribution in [1.82, 2.24) is 10.2 Å². The van der Waals surface area contributed by atoms with Gasteiger partial charge in [-0.1, -0.05) is 11.8 Å². The minimum absolute atomic E-state index is 0.796. The maximum absolute atomic E-state index is 4.57. The molecule has 2 rings (SSSR count). The molecule has 1 N–H and O–H groups in total. The summed E-state index contributed by atoms with van der Waals surface area (Å²) in [6.45, 7) is 3.32. The summed E-state index contributed by atoms with van der Waals surface area (Å²) in [4.78, 5) is 6.81. The Bertz CT molecular complexity index is 249. The zero-order valence-electron chi connectivity index (χ0n) is 10.4. The van der Waals surface area contributed by atoms with E-state index in [2.05, 4.69) is 29.3 Å². The second-order valence-corrected chi connectivity index (χ2v) is 6.30. The fourth-order valence-corrected chi connectivity index (χ4v) is 3.18. The number of hydrogen-bond acceptors (Lipinski definition) is 4. The van der Waals surface area contributed by atoms with Crippen LogP contribution >= 0.6 is 11.8 Å². The molecular formula is C12H23N3S. The lowest BCUT2D eigenvalue weighted by atomic mass is 10.3. The third-order valence-corrected chi connectivity index (χ3v) is 4.47. The smallest absolute Gasteiger partial charge is 0.156 e. The normalized spacial score (nSPS) is 24.9. The number of thioether (sulfide) groups is 1. The van der Waals surface area contributed by atoms with Crippen molar-refractivity contribution in [3.8, 4) is 0 Å². The molecule has 1 atom stereocenters. The van der Waals surface area contributed by atoms with E-state index in [-0.39, 0.29) is 0 Å². The summed E-state index contributed by atoms with van der Waals surface area (Å²) in [7, 11) is 4.26.